The molecule has 25 heavy (non-hydrogen) atoms. The molecule has 1 amide bonds. The Morgan fingerprint density at radius 1 is 1.36 bits per heavy atom. The monoisotopic (exact) mass is 388 g/mol. The molecule has 1 unspecified atom stereocenters. The zero-order valence-corrected chi connectivity index (χ0v) is 16.3. The fourth-order valence-corrected chi connectivity index (χ4v) is 5.94. The van der Waals surface area contributed by atoms with Gasteiger partial charge in [0.2, 0.25) is 15.9 Å². The molecule has 0 aromatic heterocycles. The van der Waals surface area contributed by atoms with Crippen molar-refractivity contribution in [3.05, 3.63) is 29.3 Å². The van der Waals surface area contributed by atoms with E-state index in [-0.39, 0.29) is 17.9 Å². The Kier molecular flexibility index (Phi) is 5.90. The number of carbonyl (C=O) groups excluding carboxylic acids is 1. The number of sulfonamides is 1. The Hall–Kier alpha value is -1.45. The van der Waals surface area contributed by atoms with Crippen LogP contribution in [0.2, 0.25) is 0 Å². The fourth-order valence-electron chi connectivity index (χ4n) is 3.04. The highest BCUT2D eigenvalue weighted by Gasteiger charge is 2.37. The van der Waals surface area contributed by atoms with Crippen molar-refractivity contribution in [3.8, 4) is 0 Å². The van der Waals surface area contributed by atoms with Crippen molar-refractivity contribution < 1.29 is 21.6 Å². The highest BCUT2D eigenvalue weighted by Crippen LogP contribution is 2.23. The van der Waals surface area contributed by atoms with Crippen molar-refractivity contribution in [2.75, 3.05) is 29.6 Å². The standard InChI is InChI=1S/C16H24N2O5S2/c1-4-13-7-5-6-12(2)16(13)17-15(19)10-18(24(3,20)21)14-8-9-25(22,23)11-14/h5-7,14H,4,8-11H2,1-3H3,(H,17,19). The molecule has 0 saturated carbocycles. The zero-order valence-electron chi connectivity index (χ0n) is 14.6. The van der Waals surface area contributed by atoms with Gasteiger partial charge in [-0.15, -0.1) is 0 Å². The van der Waals surface area contributed by atoms with Crippen molar-refractivity contribution in [1.82, 2.24) is 4.31 Å². The number of nitrogens with zero attached hydrogens (tertiary/aromatic N) is 1. The van der Waals surface area contributed by atoms with E-state index in [4.69, 9.17) is 0 Å². The van der Waals surface area contributed by atoms with Gasteiger partial charge >= 0.3 is 0 Å². The van der Waals surface area contributed by atoms with Crippen molar-refractivity contribution in [3.63, 3.8) is 0 Å². The van der Waals surface area contributed by atoms with Gasteiger partial charge in [0.1, 0.15) is 0 Å². The lowest BCUT2D eigenvalue weighted by Crippen LogP contribution is -2.45. The van der Waals surface area contributed by atoms with Crippen LogP contribution in [0.4, 0.5) is 5.69 Å². The van der Waals surface area contributed by atoms with Gasteiger partial charge < -0.3 is 5.32 Å². The molecule has 1 aliphatic heterocycles. The average Bonchev–Trinajstić information content (AvgIpc) is 2.85. The van der Waals surface area contributed by atoms with Crippen LogP contribution < -0.4 is 5.32 Å². The van der Waals surface area contributed by atoms with Gasteiger partial charge in [-0.05, 0) is 30.9 Å². The third-order valence-electron chi connectivity index (χ3n) is 4.35. The molecule has 1 aromatic carbocycles. The first-order chi connectivity index (χ1) is 11.5. The largest absolute Gasteiger partial charge is 0.324 e. The average molecular weight is 389 g/mol. The first kappa shape index (κ1) is 19.9. The van der Waals surface area contributed by atoms with E-state index in [1.54, 1.807) is 0 Å². The second-order valence-electron chi connectivity index (χ2n) is 6.38. The molecule has 1 saturated heterocycles. The van der Waals surface area contributed by atoms with Crippen LogP contribution in [-0.4, -0.2) is 57.4 Å². The van der Waals surface area contributed by atoms with Gasteiger partial charge in [0.15, 0.2) is 9.84 Å². The van der Waals surface area contributed by atoms with Crippen molar-refractivity contribution >= 4 is 31.5 Å². The molecule has 2 rings (SSSR count). The van der Waals surface area contributed by atoms with Crippen LogP contribution in [0.3, 0.4) is 0 Å². The van der Waals surface area contributed by atoms with Crippen LogP contribution in [0.5, 0.6) is 0 Å². The molecule has 1 atom stereocenters. The van der Waals surface area contributed by atoms with Gasteiger partial charge in [0, 0.05) is 11.7 Å². The van der Waals surface area contributed by atoms with E-state index in [2.05, 4.69) is 5.32 Å². The van der Waals surface area contributed by atoms with Crippen molar-refractivity contribution in [2.24, 2.45) is 0 Å². The summed E-state index contributed by atoms with van der Waals surface area (Å²) < 4.78 is 48.4. The molecule has 7 nitrogen and oxygen atoms in total. The van der Waals surface area contributed by atoms with E-state index in [1.165, 1.54) is 0 Å². The van der Waals surface area contributed by atoms with Crippen LogP contribution in [0.25, 0.3) is 0 Å². The summed E-state index contributed by atoms with van der Waals surface area (Å²) in [6.45, 7) is 3.44. The molecule has 1 aliphatic rings. The van der Waals surface area contributed by atoms with Gasteiger partial charge in [0.25, 0.3) is 0 Å². The highest BCUT2D eigenvalue weighted by atomic mass is 32.2. The second kappa shape index (κ2) is 7.43. The minimum Gasteiger partial charge on any atom is -0.324 e. The maximum Gasteiger partial charge on any atom is 0.239 e. The molecular weight excluding hydrogens is 364 g/mol. The number of carbonyl (C=O) groups is 1. The number of nitrogens with one attached hydrogen (secondary N) is 1. The van der Waals surface area contributed by atoms with Crippen LogP contribution in [0.1, 0.15) is 24.5 Å². The lowest BCUT2D eigenvalue weighted by Gasteiger charge is -2.25. The van der Waals surface area contributed by atoms with Gasteiger partial charge in [-0.25, -0.2) is 16.8 Å². The number of benzene rings is 1. The van der Waals surface area contributed by atoms with E-state index in [9.17, 15) is 21.6 Å². The van der Waals surface area contributed by atoms with E-state index >= 15 is 0 Å². The quantitative estimate of drug-likeness (QED) is 0.782. The summed E-state index contributed by atoms with van der Waals surface area (Å²) in [5.41, 5.74) is 2.53. The number of hydrogen-bond donors (Lipinski definition) is 1. The summed E-state index contributed by atoms with van der Waals surface area (Å²) in [6, 6.07) is 4.98. The zero-order chi connectivity index (χ0) is 18.8. The minimum absolute atomic E-state index is 0.0525. The molecule has 0 aliphatic carbocycles. The maximum atomic E-state index is 12.4. The third kappa shape index (κ3) is 5.02. The summed E-state index contributed by atoms with van der Waals surface area (Å²) in [4.78, 5) is 12.4. The summed E-state index contributed by atoms with van der Waals surface area (Å²) in [6.07, 6.45) is 1.94. The minimum atomic E-state index is -3.70. The predicted molar refractivity (Wildman–Crippen MR) is 97.8 cm³/mol. The van der Waals surface area contributed by atoms with E-state index < -0.39 is 38.4 Å². The number of hydrogen-bond acceptors (Lipinski definition) is 5. The van der Waals surface area contributed by atoms with Crippen LogP contribution in [0.15, 0.2) is 18.2 Å². The number of amides is 1. The topological polar surface area (TPSA) is 101 Å². The van der Waals surface area contributed by atoms with Crippen molar-refractivity contribution in [2.45, 2.75) is 32.7 Å². The molecule has 1 fully saturated rings. The second-order valence-corrected chi connectivity index (χ2v) is 10.5. The molecule has 140 valence electrons. The number of para-hydroxylation sites is 1. The van der Waals surface area contributed by atoms with Crippen LogP contribution >= 0.6 is 0 Å². The predicted octanol–water partition coefficient (Wildman–Crippen LogP) is 0.945. The van der Waals surface area contributed by atoms with E-state index in [0.717, 1.165) is 28.1 Å². The Bertz CT molecular complexity index is 863. The molecule has 9 heteroatoms. The normalized spacial score (nSPS) is 19.9. The molecular formula is C16H24N2O5S2. The molecule has 0 spiro atoms. The highest BCUT2D eigenvalue weighted by molar-refractivity contribution is 7.92. The van der Waals surface area contributed by atoms with Crippen LogP contribution in [-0.2, 0) is 31.1 Å². The Morgan fingerprint density at radius 3 is 2.56 bits per heavy atom. The first-order valence-electron chi connectivity index (χ1n) is 8.09. The van der Waals surface area contributed by atoms with Gasteiger partial charge in [-0.3, -0.25) is 4.79 Å². The molecule has 1 aromatic rings. The summed E-state index contributed by atoms with van der Waals surface area (Å²) in [5, 5.41) is 2.78. The smallest absolute Gasteiger partial charge is 0.239 e. The third-order valence-corrected chi connectivity index (χ3v) is 7.38. The number of aryl methyl sites for hydroxylation is 2. The Balaban J connectivity index is 2.19. The number of rotatable bonds is 6. The summed E-state index contributed by atoms with van der Waals surface area (Å²) in [5.74, 6) is -0.764. The van der Waals surface area contributed by atoms with E-state index in [1.807, 2.05) is 32.0 Å². The summed E-state index contributed by atoms with van der Waals surface area (Å²) >= 11 is 0. The van der Waals surface area contributed by atoms with Crippen molar-refractivity contribution in [1.29, 1.82) is 0 Å². The molecule has 0 bridgehead atoms. The van der Waals surface area contributed by atoms with Gasteiger partial charge in [0.05, 0.1) is 24.3 Å². The van der Waals surface area contributed by atoms with Gasteiger partial charge in [-0.2, -0.15) is 4.31 Å². The fraction of sp³-hybridized carbons (Fsp3) is 0.562. The number of anilines is 1. The van der Waals surface area contributed by atoms with Crippen LogP contribution in [0, 0.1) is 6.92 Å². The number of sulfone groups is 1. The lowest BCUT2D eigenvalue weighted by atomic mass is 10.1. The SMILES string of the molecule is CCc1cccc(C)c1NC(=O)CN(C1CCS(=O)(=O)C1)S(C)(=O)=O. The van der Waals surface area contributed by atoms with Gasteiger partial charge in [-0.1, -0.05) is 25.1 Å². The molecule has 1 N–H and O–H groups in total. The first-order valence-corrected chi connectivity index (χ1v) is 11.8. The molecule has 1 heterocycles. The molecule has 0 radical (unpaired) electrons. The Morgan fingerprint density at radius 2 is 2.04 bits per heavy atom. The summed E-state index contributed by atoms with van der Waals surface area (Å²) in [7, 11) is -6.95. The Labute approximate surface area is 149 Å². The van der Waals surface area contributed by atoms with E-state index in [0.29, 0.717) is 5.69 Å². The lowest BCUT2D eigenvalue weighted by molar-refractivity contribution is -0.116. The maximum absolute atomic E-state index is 12.4.